The lowest BCUT2D eigenvalue weighted by Gasteiger charge is -2.39. The summed E-state index contributed by atoms with van der Waals surface area (Å²) in [6.45, 7) is 5.48. The Labute approximate surface area is 139 Å². The molecule has 8 nitrogen and oxygen atoms in total. The Balaban J connectivity index is 1.71. The summed E-state index contributed by atoms with van der Waals surface area (Å²) in [5.74, 6) is 1.53. The van der Waals surface area contributed by atoms with Gasteiger partial charge in [0.1, 0.15) is 17.0 Å². The Morgan fingerprint density at radius 2 is 2.21 bits per heavy atom. The predicted octanol–water partition coefficient (Wildman–Crippen LogP) is 2.87. The predicted molar refractivity (Wildman–Crippen MR) is 86.7 cm³/mol. The Kier molecular flexibility index (Phi) is 4.13. The van der Waals surface area contributed by atoms with Gasteiger partial charge in [0.05, 0.1) is 0 Å². The molecule has 1 aliphatic carbocycles. The molecule has 2 aromatic heterocycles. The summed E-state index contributed by atoms with van der Waals surface area (Å²) in [6.07, 6.45) is 8.84. The largest absolute Gasteiger partial charge is 0.444 e. The maximum Gasteiger partial charge on any atom is 0.408 e. The molecule has 2 heterocycles. The first kappa shape index (κ1) is 16.2. The third kappa shape index (κ3) is 3.64. The zero-order valence-corrected chi connectivity index (χ0v) is 14.0. The first-order valence-corrected chi connectivity index (χ1v) is 7.89. The Morgan fingerprint density at radius 3 is 2.79 bits per heavy atom. The van der Waals surface area contributed by atoms with Gasteiger partial charge < -0.3 is 19.6 Å². The highest BCUT2D eigenvalue weighted by Crippen LogP contribution is 2.40. The number of nitrogens with zero attached hydrogens (tertiary/aromatic N) is 3. The second-order valence-electron chi connectivity index (χ2n) is 6.83. The molecule has 0 radical (unpaired) electrons. The Hall–Kier alpha value is -2.64. The summed E-state index contributed by atoms with van der Waals surface area (Å²) in [5, 5.41) is 6.92. The third-order valence-corrected chi connectivity index (χ3v) is 3.72. The topological polar surface area (TPSA) is 106 Å². The molecule has 1 fully saturated rings. The van der Waals surface area contributed by atoms with Gasteiger partial charge in [-0.15, -0.1) is 0 Å². The molecular weight excluding hydrogens is 310 g/mol. The van der Waals surface area contributed by atoms with Crippen molar-refractivity contribution < 1.29 is 14.1 Å². The van der Waals surface area contributed by atoms with Gasteiger partial charge in [0.15, 0.2) is 5.82 Å². The molecule has 128 valence electrons. The minimum Gasteiger partial charge on any atom is -0.444 e. The molecule has 0 aliphatic heterocycles. The van der Waals surface area contributed by atoms with Gasteiger partial charge in [-0.25, -0.2) is 9.78 Å². The van der Waals surface area contributed by atoms with Gasteiger partial charge in [-0.3, -0.25) is 0 Å². The molecule has 1 saturated carbocycles. The van der Waals surface area contributed by atoms with Gasteiger partial charge >= 0.3 is 6.09 Å². The van der Waals surface area contributed by atoms with Gasteiger partial charge in [0, 0.05) is 18.5 Å². The average molecular weight is 331 g/mol. The van der Waals surface area contributed by atoms with Crippen LogP contribution in [0.4, 0.5) is 4.79 Å². The molecule has 24 heavy (non-hydrogen) atoms. The fourth-order valence-corrected chi connectivity index (χ4v) is 2.45. The molecule has 0 atom stereocenters. The summed E-state index contributed by atoms with van der Waals surface area (Å²) in [4.78, 5) is 23.5. The zero-order valence-electron chi connectivity index (χ0n) is 14.0. The van der Waals surface area contributed by atoms with Crippen LogP contribution in [-0.2, 0) is 10.3 Å². The van der Waals surface area contributed by atoms with Crippen molar-refractivity contribution in [1.29, 1.82) is 0 Å². The highest BCUT2D eigenvalue weighted by molar-refractivity contribution is 5.69. The number of carbonyl (C=O) groups is 1. The van der Waals surface area contributed by atoms with Crippen LogP contribution in [0.1, 0.15) is 57.6 Å². The van der Waals surface area contributed by atoms with Crippen LogP contribution in [0.25, 0.3) is 12.2 Å². The normalized spacial score (nSPS) is 16.8. The number of H-pyrrole nitrogens is 1. The van der Waals surface area contributed by atoms with Crippen LogP contribution in [-0.4, -0.2) is 31.8 Å². The van der Waals surface area contributed by atoms with E-state index in [1.807, 2.05) is 20.8 Å². The number of imidazole rings is 1. The van der Waals surface area contributed by atoms with E-state index in [1.165, 1.54) is 0 Å². The second kappa shape index (κ2) is 6.10. The van der Waals surface area contributed by atoms with Gasteiger partial charge in [0.25, 0.3) is 5.89 Å². The van der Waals surface area contributed by atoms with Crippen LogP contribution >= 0.6 is 0 Å². The lowest BCUT2D eigenvalue weighted by molar-refractivity contribution is 0.0362. The summed E-state index contributed by atoms with van der Waals surface area (Å²) >= 11 is 0. The van der Waals surface area contributed by atoms with Crippen molar-refractivity contribution in [1.82, 2.24) is 25.4 Å². The minimum absolute atomic E-state index is 0.360. The van der Waals surface area contributed by atoms with E-state index in [4.69, 9.17) is 9.26 Å². The lowest BCUT2D eigenvalue weighted by Crippen LogP contribution is -2.52. The van der Waals surface area contributed by atoms with E-state index >= 15 is 0 Å². The van der Waals surface area contributed by atoms with Crippen LogP contribution in [0.3, 0.4) is 0 Å². The monoisotopic (exact) mass is 331 g/mol. The van der Waals surface area contributed by atoms with Crippen molar-refractivity contribution in [2.24, 2.45) is 0 Å². The second-order valence-corrected chi connectivity index (χ2v) is 6.83. The SMILES string of the molecule is CC(C)(C)OC(=O)NC1(c2noc(/C=C/c3ncc[nH]3)n2)CCC1. The molecule has 3 rings (SSSR count). The molecule has 0 spiro atoms. The highest BCUT2D eigenvalue weighted by Gasteiger charge is 2.45. The maximum absolute atomic E-state index is 12.1. The van der Waals surface area contributed by atoms with Crippen LogP contribution < -0.4 is 5.32 Å². The van der Waals surface area contributed by atoms with Crippen LogP contribution in [0.5, 0.6) is 0 Å². The van der Waals surface area contributed by atoms with Crippen molar-refractivity contribution in [3.8, 4) is 0 Å². The van der Waals surface area contributed by atoms with Crippen molar-refractivity contribution in [3.05, 3.63) is 29.9 Å². The van der Waals surface area contributed by atoms with E-state index in [0.29, 0.717) is 17.5 Å². The van der Waals surface area contributed by atoms with Crippen molar-refractivity contribution in [3.63, 3.8) is 0 Å². The zero-order chi connectivity index (χ0) is 17.2. The minimum atomic E-state index is -0.609. The number of amides is 1. The molecule has 1 aliphatic rings. The molecule has 2 N–H and O–H groups in total. The number of carbonyl (C=O) groups excluding carboxylic acids is 1. The first-order valence-electron chi connectivity index (χ1n) is 7.89. The summed E-state index contributed by atoms with van der Waals surface area (Å²) < 4.78 is 10.6. The fourth-order valence-electron chi connectivity index (χ4n) is 2.45. The van der Waals surface area contributed by atoms with Gasteiger partial charge in [-0.05, 0) is 46.1 Å². The first-order chi connectivity index (χ1) is 11.4. The van der Waals surface area contributed by atoms with E-state index in [2.05, 4.69) is 25.4 Å². The molecule has 0 saturated heterocycles. The highest BCUT2D eigenvalue weighted by atomic mass is 16.6. The number of rotatable bonds is 4. The number of aromatic amines is 1. The van der Waals surface area contributed by atoms with Crippen molar-refractivity contribution >= 4 is 18.2 Å². The number of nitrogens with one attached hydrogen (secondary N) is 2. The number of alkyl carbamates (subject to hydrolysis) is 1. The van der Waals surface area contributed by atoms with E-state index in [0.717, 1.165) is 19.3 Å². The van der Waals surface area contributed by atoms with E-state index in [9.17, 15) is 4.79 Å². The summed E-state index contributed by atoms with van der Waals surface area (Å²) in [5.41, 5.74) is -1.16. The molecule has 1 amide bonds. The van der Waals surface area contributed by atoms with Crippen LogP contribution in [0, 0.1) is 0 Å². The molecule has 0 unspecified atom stereocenters. The number of hydrogen-bond acceptors (Lipinski definition) is 6. The standard InChI is InChI=1S/C16H21N5O3/c1-15(2,3)23-14(22)20-16(7-4-8-16)13-19-12(24-21-13)6-5-11-17-9-10-18-11/h5-6,9-10H,4,7-8H2,1-3H3,(H,17,18)(H,20,22)/b6-5+. The quantitative estimate of drug-likeness (QED) is 0.892. The van der Waals surface area contributed by atoms with Gasteiger partial charge in [-0.1, -0.05) is 5.16 Å². The number of aromatic nitrogens is 4. The smallest absolute Gasteiger partial charge is 0.408 e. The maximum atomic E-state index is 12.1. The van der Waals surface area contributed by atoms with Gasteiger partial charge in [-0.2, -0.15) is 4.98 Å². The van der Waals surface area contributed by atoms with E-state index in [1.54, 1.807) is 24.5 Å². The lowest BCUT2D eigenvalue weighted by atomic mass is 9.76. The van der Waals surface area contributed by atoms with Crippen LogP contribution in [0.2, 0.25) is 0 Å². The van der Waals surface area contributed by atoms with Gasteiger partial charge in [0.2, 0.25) is 0 Å². The Morgan fingerprint density at radius 1 is 1.42 bits per heavy atom. The Bertz CT molecular complexity index is 723. The summed E-state index contributed by atoms with van der Waals surface area (Å²) in [6, 6.07) is 0. The van der Waals surface area contributed by atoms with E-state index in [-0.39, 0.29) is 0 Å². The van der Waals surface area contributed by atoms with Crippen molar-refractivity contribution in [2.75, 3.05) is 0 Å². The summed E-state index contributed by atoms with van der Waals surface area (Å²) in [7, 11) is 0. The average Bonchev–Trinajstić information content (AvgIpc) is 3.10. The molecule has 0 aromatic carbocycles. The van der Waals surface area contributed by atoms with Crippen LogP contribution in [0.15, 0.2) is 16.9 Å². The molecule has 0 bridgehead atoms. The molecular formula is C16H21N5O3. The van der Waals surface area contributed by atoms with E-state index < -0.39 is 17.2 Å². The number of ether oxygens (including phenoxy) is 1. The van der Waals surface area contributed by atoms with Crippen molar-refractivity contribution in [2.45, 2.75) is 51.2 Å². The molecule has 8 heteroatoms. The molecule has 2 aromatic rings. The third-order valence-electron chi connectivity index (χ3n) is 3.72. The fraction of sp³-hybridized carbons (Fsp3) is 0.500. The number of hydrogen-bond donors (Lipinski definition) is 2.